The van der Waals surface area contributed by atoms with E-state index in [4.69, 9.17) is 17.0 Å². The smallest absolute Gasteiger partial charge is 0.270 e. The topological polar surface area (TPSA) is 72.7 Å². The molecular formula is C20H18N2O4S2. The number of nitro benzene ring substituents is 1. The minimum absolute atomic E-state index is 0.0690. The van der Waals surface area contributed by atoms with E-state index in [0.29, 0.717) is 33.7 Å². The summed E-state index contributed by atoms with van der Waals surface area (Å²) in [7, 11) is 0. The van der Waals surface area contributed by atoms with E-state index >= 15 is 0 Å². The molecule has 0 aromatic heterocycles. The van der Waals surface area contributed by atoms with E-state index in [1.54, 1.807) is 12.1 Å². The van der Waals surface area contributed by atoms with Gasteiger partial charge in [0.2, 0.25) is 0 Å². The summed E-state index contributed by atoms with van der Waals surface area (Å²) >= 11 is 6.41. The molecule has 3 rings (SSSR count). The summed E-state index contributed by atoms with van der Waals surface area (Å²) in [5.41, 5.74) is 2.51. The maximum absolute atomic E-state index is 12.5. The van der Waals surface area contributed by atoms with E-state index in [1.807, 2.05) is 38.1 Å². The van der Waals surface area contributed by atoms with Gasteiger partial charge in [0.05, 0.1) is 9.83 Å². The van der Waals surface area contributed by atoms with Crippen LogP contribution in [0.25, 0.3) is 6.08 Å². The largest absolute Gasteiger partial charge is 0.488 e. The van der Waals surface area contributed by atoms with Gasteiger partial charge in [0.1, 0.15) is 16.7 Å². The zero-order valence-corrected chi connectivity index (χ0v) is 17.0. The molecule has 0 radical (unpaired) electrons. The fourth-order valence-corrected chi connectivity index (χ4v) is 4.11. The molecule has 8 heteroatoms. The first-order valence-corrected chi connectivity index (χ1v) is 9.84. The van der Waals surface area contributed by atoms with E-state index in [0.717, 1.165) is 11.1 Å². The van der Waals surface area contributed by atoms with Gasteiger partial charge in [-0.2, -0.15) is 0 Å². The molecule has 0 saturated carbocycles. The second kappa shape index (κ2) is 8.53. The van der Waals surface area contributed by atoms with Crippen LogP contribution in [0.1, 0.15) is 23.6 Å². The molecule has 0 atom stereocenters. The number of ether oxygens (including phenoxy) is 1. The number of carbonyl (C=O) groups is 1. The molecule has 6 nitrogen and oxygen atoms in total. The van der Waals surface area contributed by atoms with Crippen molar-refractivity contribution >= 4 is 46.0 Å². The molecule has 0 spiro atoms. The van der Waals surface area contributed by atoms with Crippen molar-refractivity contribution in [2.24, 2.45) is 0 Å². The van der Waals surface area contributed by atoms with Crippen LogP contribution < -0.4 is 4.74 Å². The molecular weight excluding hydrogens is 396 g/mol. The average Bonchev–Trinajstić information content (AvgIpc) is 2.94. The number of carbonyl (C=O) groups excluding carboxylic acids is 1. The highest BCUT2D eigenvalue weighted by atomic mass is 32.2. The van der Waals surface area contributed by atoms with Crippen molar-refractivity contribution in [3.05, 3.63) is 74.2 Å². The van der Waals surface area contributed by atoms with Gasteiger partial charge in [0.15, 0.2) is 0 Å². The minimum Gasteiger partial charge on any atom is -0.488 e. The summed E-state index contributed by atoms with van der Waals surface area (Å²) in [4.78, 5) is 25.1. The Morgan fingerprint density at radius 2 is 2.04 bits per heavy atom. The number of thiocarbonyl (C=S) groups is 1. The molecule has 1 fully saturated rings. The van der Waals surface area contributed by atoms with Crippen molar-refractivity contribution in [2.45, 2.75) is 20.5 Å². The molecule has 1 saturated heterocycles. The molecule has 1 amide bonds. The normalized spacial score (nSPS) is 15.4. The number of likely N-dealkylation sites (N-methyl/N-ethyl adjacent to an activating group) is 1. The fourth-order valence-electron chi connectivity index (χ4n) is 2.74. The third-order valence-corrected chi connectivity index (χ3v) is 5.70. The Morgan fingerprint density at radius 1 is 1.29 bits per heavy atom. The number of rotatable bonds is 6. The molecule has 0 bridgehead atoms. The van der Waals surface area contributed by atoms with E-state index in [1.165, 1.54) is 28.8 Å². The van der Waals surface area contributed by atoms with E-state index < -0.39 is 4.92 Å². The number of nitro groups is 1. The Balaban J connectivity index is 1.94. The van der Waals surface area contributed by atoms with Gasteiger partial charge in [-0.05, 0) is 37.1 Å². The lowest BCUT2D eigenvalue weighted by Crippen LogP contribution is -2.27. The Kier molecular flexibility index (Phi) is 6.11. The Hall–Kier alpha value is -2.71. The minimum atomic E-state index is -0.472. The van der Waals surface area contributed by atoms with Gasteiger partial charge in [-0.1, -0.05) is 48.2 Å². The number of hydrogen-bond donors (Lipinski definition) is 0. The van der Waals surface area contributed by atoms with Gasteiger partial charge in [0, 0.05) is 24.2 Å². The van der Waals surface area contributed by atoms with Gasteiger partial charge in [-0.3, -0.25) is 19.8 Å². The molecule has 1 aliphatic rings. The highest BCUT2D eigenvalue weighted by Gasteiger charge is 2.31. The van der Waals surface area contributed by atoms with Crippen molar-refractivity contribution in [3.63, 3.8) is 0 Å². The van der Waals surface area contributed by atoms with Crippen molar-refractivity contribution in [2.75, 3.05) is 6.54 Å². The zero-order valence-electron chi connectivity index (χ0n) is 15.4. The van der Waals surface area contributed by atoms with Crippen LogP contribution in [-0.2, 0) is 11.4 Å². The number of hydrogen-bond acceptors (Lipinski definition) is 6. The summed E-state index contributed by atoms with van der Waals surface area (Å²) in [5.74, 6) is 0.268. The van der Waals surface area contributed by atoms with Gasteiger partial charge in [0.25, 0.3) is 11.6 Å². The molecule has 0 unspecified atom stereocenters. The Labute approximate surface area is 172 Å². The summed E-state index contributed by atoms with van der Waals surface area (Å²) in [6, 6.07) is 12.2. The number of non-ortho nitro benzene ring substituents is 1. The molecule has 1 aliphatic heterocycles. The van der Waals surface area contributed by atoms with Crippen molar-refractivity contribution in [1.82, 2.24) is 4.90 Å². The SMILES string of the molecule is CCN1C(=O)/C(=C/c2cc([N+](=O)[O-])ccc2OCc2ccccc2C)SC1=S. The van der Waals surface area contributed by atoms with Gasteiger partial charge in [-0.15, -0.1) is 0 Å². The predicted octanol–water partition coefficient (Wildman–Crippen LogP) is 4.70. The van der Waals surface area contributed by atoms with E-state index in [9.17, 15) is 14.9 Å². The van der Waals surface area contributed by atoms with Crippen LogP contribution in [-0.4, -0.2) is 26.6 Å². The zero-order chi connectivity index (χ0) is 20.3. The molecule has 2 aromatic carbocycles. The van der Waals surface area contributed by atoms with Crippen molar-refractivity contribution in [1.29, 1.82) is 0 Å². The highest BCUT2D eigenvalue weighted by molar-refractivity contribution is 8.26. The lowest BCUT2D eigenvalue weighted by molar-refractivity contribution is -0.384. The maximum Gasteiger partial charge on any atom is 0.270 e. The first kappa shape index (κ1) is 20.0. The number of benzene rings is 2. The molecule has 0 N–H and O–H groups in total. The highest BCUT2D eigenvalue weighted by Crippen LogP contribution is 2.35. The summed E-state index contributed by atoms with van der Waals surface area (Å²) in [5, 5.41) is 11.2. The standard InChI is InChI=1S/C20H18N2O4S2/c1-3-21-19(23)18(28-20(21)27)11-15-10-16(22(24)25)8-9-17(15)26-12-14-7-5-4-6-13(14)2/h4-11H,3,12H2,1-2H3/b18-11-. The molecule has 0 aliphatic carbocycles. The lowest BCUT2D eigenvalue weighted by Gasteiger charge is -2.12. The van der Waals surface area contributed by atoms with Crippen LogP contribution >= 0.6 is 24.0 Å². The van der Waals surface area contributed by atoms with Gasteiger partial charge < -0.3 is 4.74 Å². The van der Waals surface area contributed by atoms with E-state index in [-0.39, 0.29) is 11.6 Å². The number of nitrogens with zero attached hydrogens (tertiary/aromatic N) is 2. The fraction of sp³-hybridized carbons (Fsp3) is 0.200. The van der Waals surface area contributed by atoms with Crippen LogP contribution in [0.2, 0.25) is 0 Å². The van der Waals surface area contributed by atoms with Crippen LogP contribution in [0.4, 0.5) is 5.69 Å². The summed E-state index contributed by atoms with van der Waals surface area (Å²) in [6.07, 6.45) is 1.61. The maximum atomic E-state index is 12.5. The predicted molar refractivity (Wildman–Crippen MR) is 114 cm³/mol. The van der Waals surface area contributed by atoms with Gasteiger partial charge in [-0.25, -0.2) is 0 Å². The molecule has 1 heterocycles. The Bertz CT molecular complexity index is 988. The number of thioether (sulfide) groups is 1. The molecule has 2 aromatic rings. The van der Waals surface area contributed by atoms with Crippen molar-refractivity contribution in [3.8, 4) is 5.75 Å². The van der Waals surface area contributed by atoms with Crippen LogP contribution in [0, 0.1) is 17.0 Å². The number of amides is 1. The number of aryl methyl sites for hydroxylation is 1. The van der Waals surface area contributed by atoms with Crippen LogP contribution in [0.5, 0.6) is 5.75 Å². The molecule has 144 valence electrons. The monoisotopic (exact) mass is 414 g/mol. The summed E-state index contributed by atoms with van der Waals surface area (Å²) < 4.78 is 6.41. The van der Waals surface area contributed by atoms with Crippen LogP contribution in [0.3, 0.4) is 0 Å². The summed E-state index contributed by atoms with van der Waals surface area (Å²) in [6.45, 7) is 4.64. The van der Waals surface area contributed by atoms with Crippen molar-refractivity contribution < 1.29 is 14.5 Å². The molecule has 28 heavy (non-hydrogen) atoms. The van der Waals surface area contributed by atoms with Crippen LogP contribution in [0.15, 0.2) is 47.4 Å². The quantitative estimate of drug-likeness (QED) is 0.295. The first-order chi connectivity index (χ1) is 13.4. The second-order valence-electron chi connectivity index (χ2n) is 6.12. The third kappa shape index (κ3) is 4.23. The third-order valence-electron chi connectivity index (χ3n) is 4.33. The second-order valence-corrected chi connectivity index (χ2v) is 7.80. The van der Waals surface area contributed by atoms with Gasteiger partial charge >= 0.3 is 0 Å². The first-order valence-electron chi connectivity index (χ1n) is 8.61. The Morgan fingerprint density at radius 3 is 2.68 bits per heavy atom. The average molecular weight is 415 g/mol. The van der Waals surface area contributed by atoms with E-state index in [2.05, 4.69) is 0 Å². The lowest BCUT2D eigenvalue weighted by atomic mass is 10.1.